The average molecular weight is 305 g/mol. The molecule has 120 valence electrons. The van der Waals surface area contributed by atoms with Gasteiger partial charge in [0.1, 0.15) is 5.82 Å². The molecule has 0 aliphatic heterocycles. The summed E-state index contributed by atoms with van der Waals surface area (Å²) in [6, 6.07) is 2.21. The van der Waals surface area contributed by atoms with Crippen LogP contribution in [0.3, 0.4) is 0 Å². The van der Waals surface area contributed by atoms with Crippen molar-refractivity contribution >= 4 is 0 Å². The van der Waals surface area contributed by atoms with Crippen molar-refractivity contribution in [3.8, 4) is 0 Å². The summed E-state index contributed by atoms with van der Waals surface area (Å²) in [5.41, 5.74) is -0.753. The van der Waals surface area contributed by atoms with Gasteiger partial charge in [0, 0.05) is 6.04 Å². The first kappa shape index (κ1) is 18.0. The molecule has 1 unspecified atom stereocenters. The van der Waals surface area contributed by atoms with Crippen LogP contribution in [0, 0.1) is 5.82 Å². The van der Waals surface area contributed by atoms with E-state index in [1.807, 2.05) is 0 Å². The molecule has 0 fully saturated rings. The Morgan fingerprint density at radius 3 is 2.33 bits per heavy atom. The van der Waals surface area contributed by atoms with E-state index in [4.69, 9.17) is 0 Å². The van der Waals surface area contributed by atoms with E-state index in [0.717, 1.165) is 50.3 Å². The summed E-state index contributed by atoms with van der Waals surface area (Å²) in [5, 5.41) is 2.88. The Morgan fingerprint density at radius 2 is 1.76 bits per heavy atom. The number of hydrogen-bond acceptors (Lipinski definition) is 1. The number of nitrogens with one attached hydrogen (secondary N) is 1. The van der Waals surface area contributed by atoms with Crippen LogP contribution in [0.15, 0.2) is 18.2 Å². The van der Waals surface area contributed by atoms with Gasteiger partial charge in [-0.15, -0.1) is 0 Å². The predicted molar refractivity (Wildman–Crippen MR) is 76.6 cm³/mol. The van der Waals surface area contributed by atoms with Gasteiger partial charge in [-0.3, -0.25) is 0 Å². The molecule has 1 aromatic carbocycles. The van der Waals surface area contributed by atoms with Gasteiger partial charge in [-0.1, -0.05) is 39.0 Å². The predicted octanol–water partition coefficient (Wildman–Crippen LogP) is 5.47. The van der Waals surface area contributed by atoms with Gasteiger partial charge in [0.15, 0.2) is 0 Å². The summed E-state index contributed by atoms with van der Waals surface area (Å²) in [7, 11) is 1.61. The van der Waals surface area contributed by atoms with E-state index in [0.29, 0.717) is 6.42 Å². The Bertz CT molecular complexity index is 429. The molecular weight excluding hydrogens is 282 g/mol. The number of hydrogen-bond donors (Lipinski definition) is 1. The van der Waals surface area contributed by atoms with Gasteiger partial charge in [-0.2, -0.15) is 13.2 Å². The third-order valence-corrected chi connectivity index (χ3v) is 3.64. The van der Waals surface area contributed by atoms with Gasteiger partial charge in [-0.25, -0.2) is 4.39 Å². The van der Waals surface area contributed by atoms with Crippen LogP contribution in [-0.2, 0) is 6.18 Å². The van der Waals surface area contributed by atoms with E-state index in [9.17, 15) is 17.6 Å². The van der Waals surface area contributed by atoms with Crippen molar-refractivity contribution in [2.75, 3.05) is 7.05 Å². The Labute approximate surface area is 123 Å². The molecular formula is C16H23F4N. The van der Waals surface area contributed by atoms with Crippen molar-refractivity contribution in [1.82, 2.24) is 5.32 Å². The Kier molecular flexibility index (Phi) is 7.15. The maximum absolute atomic E-state index is 13.3. The van der Waals surface area contributed by atoms with Crippen LogP contribution in [0.2, 0.25) is 0 Å². The van der Waals surface area contributed by atoms with Gasteiger partial charge in [0.2, 0.25) is 0 Å². The second kappa shape index (κ2) is 8.37. The monoisotopic (exact) mass is 305 g/mol. The molecule has 0 saturated heterocycles. The maximum Gasteiger partial charge on any atom is 0.416 e. The standard InChI is InChI=1S/C16H23F4N/c1-3-4-5-6-7-8-15(21-2)13-11-12(17)9-10-14(13)16(18,19)20/h9-11,15,21H,3-8H2,1-2H3. The van der Waals surface area contributed by atoms with E-state index in [-0.39, 0.29) is 5.56 Å². The van der Waals surface area contributed by atoms with Crippen LogP contribution in [-0.4, -0.2) is 7.05 Å². The Morgan fingerprint density at radius 1 is 1.10 bits per heavy atom. The molecule has 1 rings (SSSR count). The SMILES string of the molecule is CCCCCCCC(NC)c1cc(F)ccc1C(F)(F)F. The summed E-state index contributed by atoms with van der Waals surface area (Å²) in [6.45, 7) is 2.11. The molecule has 0 saturated carbocycles. The minimum absolute atomic E-state index is 0.000455. The van der Waals surface area contributed by atoms with E-state index in [2.05, 4.69) is 12.2 Å². The first-order valence-electron chi connectivity index (χ1n) is 7.44. The largest absolute Gasteiger partial charge is 0.416 e. The fourth-order valence-electron chi connectivity index (χ4n) is 2.49. The lowest BCUT2D eigenvalue weighted by Gasteiger charge is -2.21. The van der Waals surface area contributed by atoms with E-state index in [1.165, 1.54) is 0 Å². The van der Waals surface area contributed by atoms with Crippen LogP contribution in [0.4, 0.5) is 17.6 Å². The van der Waals surface area contributed by atoms with Crippen molar-refractivity contribution < 1.29 is 17.6 Å². The fraction of sp³-hybridized carbons (Fsp3) is 0.625. The molecule has 0 aliphatic carbocycles. The summed E-state index contributed by atoms with van der Waals surface area (Å²) in [4.78, 5) is 0. The van der Waals surface area contributed by atoms with Crippen molar-refractivity contribution in [2.24, 2.45) is 0 Å². The lowest BCUT2D eigenvalue weighted by molar-refractivity contribution is -0.138. The molecule has 5 heteroatoms. The highest BCUT2D eigenvalue weighted by Gasteiger charge is 2.35. The van der Waals surface area contributed by atoms with Crippen LogP contribution >= 0.6 is 0 Å². The second-order valence-corrected chi connectivity index (χ2v) is 5.27. The van der Waals surface area contributed by atoms with Crippen molar-refractivity contribution in [2.45, 2.75) is 57.7 Å². The van der Waals surface area contributed by atoms with Gasteiger partial charge >= 0.3 is 6.18 Å². The maximum atomic E-state index is 13.3. The molecule has 0 aromatic heterocycles. The van der Waals surface area contributed by atoms with Gasteiger partial charge < -0.3 is 5.32 Å². The van der Waals surface area contributed by atoms with Gasteiger partial charge in [0.25, 0.3) is 0 Å². The highest BCUT2D eigenvalue weighted by Crippen LogP contribution is 2.36. The quantitative estimate of drug-likeness (QED) is 0.496. The fourth-order valence-corrected chi connectivity index (χ4v) is 2.49. The molecule has 0 amide bonds. The number of halogens is 4. The molecule has 1 nitrogen and oxygen atoms in total. The normalized spacial score (nSPS) is 13.4. The molecule has 1 atom stereocenters. The third-order valence-electron chi connectivity index (χ3n) is 3.64. The first-order chi connectivity index (χ1) is 9.90. The zero-order valence-corrected chi connectivity index (χ0v) is 12.6. The number of unbranched alkanes of at least 4 members (excludes halogenated alkanes) is 4. The van der Waals surface area contributed by atoms with Crippen LogP contribution in [0.5, 0.6) is 0 Å². The van der Waals surface area contributed by atoms with E-state index < -0.39 is 23.6 Å². The van der Waals surface area contributed by atoms with Crippen LogP contribution in [0.25, 0.3) is 0 Å². The number of alkyl halides is 3. The summed E-state index contributed by atoms with van der Waals surface area (Å²) < 4.78 is 52.4. The third kappa shape index (κ3) is 5.65. The van der Waals surface area contributed by atoms with Crippen LogP contribution in [0.1, 0.15) is 62.6 Å². The molecule has 1 N–H and O–H groups in total. The molecule has 21 heavy (non-hydrogen) atoms. The van der Waals surface area contributed by atoms with Crippen molar-refractivity contribution in [3.63, 3.8) is 0 Å². The van der Waals surface area contributed by atoms with E-state index in [1.54, 1.807) is 7.05 Å². The second-order valence-electron chi connectivity index (χ2n) is 5.27. The lowest BCUT2D eigenvalue weighted by atomic mass is 9.95. The topological polar surface area (TPSA) is 12.0 Å². The molecule has 0 spiro atoms. The van der Waals surface area contributed by atoms with Crippen molar-refractivity contribution in [3.05, 3.63) is 35.1 Å². The smallest absolute Gasteiger partial charge is 0.313 e. The zero-order chi connectivity index (χ0) is 15.9. The van der Waals surface area contributed by atoms with E-state index >= 15 is 0 Å². The number of benzene rings is 1. The van der Waals surface area contributed by atoms with Crippen LogP contribution < -0.4 is 5.32 Å². The van der Waals surface area contributed by atoms with Gasteiger partial charge in [0.05, 0.1) is 5.56 Å². The zero-order valence-electron chi connectivity index (χ0n) is 12.6. The minimum atomic E-state index is -4.46. The Balaban J connectivity index is 2.82. The molecule has 0 radical (unpaired) electrons. The molecule has 1 aromatic rings. The summed E-state index contributed by atoms with van der Waals surface area (Å²) in [6.07, 6.45) is 1.28. The number of rotatable bonds is 8. The first-order valence-corrected chi connectivity index (χ1v) is 7.44. The van der Waals surface area contributed by atoms with Crippen molar-refractivity contribution in [1.29, 1.82) is 0 Å². The summed E-state index contributed by atoms with van der Waals surface area (Å²) in [5.74, 6) is -0.635. The minimum Gasteiger partial charge on any atom is -0.313 e. The highest BCUT2D eigenvalue weighted by molar-refractivity contribution is 5.33. The summed E-state index contributed by atoms with van der Waals surface area (Å²) >= 11 is 0. The lowest BCUT2D eigenvalue weighted by Crippen LogP contribution is -2.21. The van der Waals surface area contributed by atoms with Gasteiger partial charge in [-0.05, 0) is 37.2 Å². The molecule has 0 aliphatic rings. The molecule has 0 bridgehead atoms. The average Bonchev–Trinajstić information content (AvgIpc) is 2.41. The molecule has 0 heterocycles. The highest BCUT2D eigenvalue weighted by atomic mass is 19.4. The Hall–Kier alpha value is -1.10.